The third-order valence-corrected chi connectivity index (χ3v) is 2.71. The van der Waals surface area contributed by atoms with Gasteiger partial charge in [-0.3, -0.25) is 0 Å². The van der Waals surface area contributed by atoms with Gasteiger partial charge in [-0.2, -0.15) is 0 Å². The highest BCUT2D eigenvalue weighted by molar-refractivity contribution is 5.35. The summed E-state index contributed by atoms with van der Waals surface area (Å²) in [6, 6.07) is 19.2. The van der Waals surface area contributed by atoms with E-state index >= 15 is 0 Å². The number of hydrogen-bond donors (Lipinski definition) is 0. The molecule has 0 aliphatic rings. The molecule has 0 unspecified atom stereocenters. The Morgan fingerprint density at radius 2 is 1.88 bits per heavy atom. The van der Waals surface area contributed by atoms with Gasteiger partial charge >= 0.3 is 0 Å². The van der Waals surface area contributed by atoms with Gasteiger partial charge in [0.1, 0.15) is 12.4 Å². The fourth-order valence-corrected chi connectivity index (χ4v) is 1.75. The van der Waals surface area contributed by atoms with Crippen molar-refractivity contribution in [1.29, 1.82) is 0 Å². The quantitative estimate of drug-likeness (QED) is 0.758. The number of benzene rings is 2. The molecule has 1 heteroatoms. The lowest BCUT2D eigenvalue weighted by Gasteiger charge is -2.13. The molecule has 17 heavy (non-hydrogen) atoms. The van der Waals surface area contributed by atoms with Gasteiger partial charge in [-0.05, 0) is 35.2 Å². The highest BCUT2D eigenvalue weighted by atomic mass is 16.5. The van der Waals surface area contributed by atoms with Gasteiger partial charge in [0, 0.05) is 0 Å². The molecule has 0 aromatic heterocycles. The van der Waals surface area contributed by atoms with Crippen LogP contribution in [0.15, 0.2) is 48.5 Å². The Morgan fingerprint density at radius 3 is 2.59 bits per heavy atom. The van der Waals surface area contributed by atoms with Gasteiger partial charge in [-0.25, -0.2) is 0 Å². The van der Waals surface area contributed by atoms with Crippen LogP contribution in [-0.4, -0.2) is 0 Å². The van der Waals surface area contributed by atoms with E-state index in [0.717, 1.165) is 5.75 Å². The van der Waals surface area contributed by atoms with Crippen LogP contribution in [0, 0.1) is 6.07 Å². The first-order valence-electron chi connectivity index (χ1n) is 5.94. The van der Waals surface area contributed by atoms with Crippen LogP contribution in [0.1, 0.15) is 30.9 Å². The van der Waals surface area contributed by atoms with E-state index in [-0.39, 0.29) is 0 Å². The molecule has 0 amide bonds. The van der Waals surface area contributed by atoms with Crippen molar-refractivity contribution < 1.29 is 4.74 Å². The molecule has 1 radical (unpaired) electrons. The van der Waals surface area contributed by atoms with Crippen molar-refractivity contribution in [1.82, 2.24) is 0 Å². The summed E-state index contributed by atoms with van der Waals surface area (Å²) < 4.78 is 5.86. The summed E-state index contributed by atoms with van der Waals surface area (Å²) in [6.45, 7) is 4.95. The molecule has 0 heterocycles. The Morgan fingerprint density at radius 1 is 1.12 bits per heavy atom. The van der Waals surface area contributed by atoms with Crippen molar-refractivity contribution in [3.8, 4) is 5.75 Å². The smallest absolute Gasteiger partial charge is 0.123 e. The molecule has 0 spiro atoms. The molecular formula is C16H17O. The molecular weight excluding hydrogens is 208 g/mol. The molecule has 2 rings (SSSR count). The van der Waals surface area contributed by atoms with Crippen LogP contribution in [0.4, 0.5) is 0 Å². The molecule has 0 saturated carbocycles. The van der Waals surface area contributed by atoms with Gasteiger partial charge in [-0.1, -0.05) is 50.2 Å². The second-order valence-electron chi connectivity index (χ2n) is 4.39. The third kappa shape index (κ3) is 3.10. The van der Waals surface area contributed by atoms with Crippen LogP contribution >= 0.6 is 0 Å². The minimum absolute atomic E-state index is 0.457. The van der Waals surface area contributed by atoms with Gasteiger partial charge in [0.05, 0.1) is 0 Å². The first-order chi connectivity index (χ1) is 8.27. The van der Waals surface area contributed by atoms with Crippen LogP contribution < -0.4 is 4.74 Å². The van der Waals surface area contributed by atoms with Crippen molar-refractivity contribution in [2.45, 2.75) is 26.4 Å². The zero-order valence-electron chi connectivity index (χ0n) is 10.3. The number of hydrogen-bond acceptors (Lipinski definition) is 1. The van der Waals surface area contributed by atoms with Crippen LogP contribution in [0.25, 0.3) is 0 Å². The lowest BCUT2D eigenvalue weighted by Crippen LogP contribution is -1.99. The Kier molecular flexibility index (Phi) is 3.81. The van der Waals surface area contributed by atoms with Crippen LogP contribution in [0.3, 0.4) is 0 Å². The Bertz CT molecular complexity index is 460. The molecule has 2 aromatic carbocycles. The standard InChI is InChI=1S/C16H17O/c1-13(2)15-10-6-7-11-16(15)17-12-14-8-4-3-5-9-14/h3-5,7-11,13H,12H2,1-2H3. The third-order valence-electron chi connectivity index (χ3n) is 2.71. The Hall–Kier alpha value is -1.76. The summed E-state index contributed by atoms with van der Waals surface area (Å²) in [4.78, 5) is 0. The molecule has 0 N–H and O–H groups in total. The van der Waals surface area contributed by atoms with Crippen LogP contribution in [0.2, 0.25) is 0 Å². The van der Waals surface area contributed by atoms with Gasteiger partial charge in [0.2, 0.25) is 0 Å². The largest absolute Gasteiger partial charge is 0.489 e. The molecule has 0 atom stereocenters. The maximum atomic E-state index is 5.86. The molecule has 87 valence electrons. The van der Waals surface area contributed by atoms with Gasteiger partial charge in [-0.15, -0.1) is 0 Å². The summed E-state index contributed by atoms with van der Waals surface area (Å²) in [5.41, 5.74) is 2.40. The summed E-state index contributed by atoms with van der Waals surface area (Å²) in [5, 5.41) is 0. The van der Waals surface area contributed by atoms with E-state index in [1.165, 1.54) is 11.1 Å². The summed E-state index contributed by atoms with van der Waals surface area (Å²) in [7, 11) is 0. The van der Waals surface area contributed by atoms with E-state index in [9.17, 15) is 0 Å². The van der Waals surface area contributed by atoms with Crippen molar-refractivity contribution in [2.24, 2.45) is 0 Å². The van der Waals surface area contributed by atoms with Crippen molar-refractivity contribution in [2.75, 3.05) is 0 Å². The Labute approximate surface area is 103 Å². The maximum Gasteiger partial charge on any atom is 0.123 e. The summed E-state index contributed by atoms with van der Waals surface area (Å²) >= 11 is 0. The van der Waals surface area contributed by atoms with E-state index < -0.39 is 0 Å². The minimum atomic E-state index is 0.457. The fourth-order valence-electron chi connectivity index (χ4n) is 1.75. The average molecular weight is 225 g/mol. The van der Waals surface area contributed by atoms with Gasteiger partial charge < -0.3 is 4.74 Å². The lowest BCUT2D eigenvalue weighted by molar-refractivity contribution is 0.302. The highest BCUT2D eigenvalue weighted by Crippen LogP contribution is 2.26. The second-order valence-corrected chi connectivity index (χ2v) is 4.39. The zero-order chi connectivity index (χ0) is 12.1. The van der Waals surface area contributed by atoms with Crippen molar-refractivity contribution >= 4 is 0 Å². The van der Waals surface area contributed by atoms with E-state index in [2.05, 4.69) is 32.0 Å². The summed E-state index contributed by atoms with van der Waals surface area (Å²) in [5.74, 6) is 1.42. The first kappa shape index (κ1) is 11.7. The maximum absolute atomic E-state index is 5.86. The van der Waals surface area contributed by atoms with Crippen molar-refractivity contribution in [3.63, 3.8) is 0 Å². The average Bonchev–Trinajstić information content (AvgIpc) is 2.38. The predicted molar refractivity (Wildman–Crippen MR) is 70.1 cm³/mol. The van der Waals surface area contributed by atoms with Crippen LogP contribution in [-0.2, 0) is 6.61 Å². The van der Waals surface area contributed by atoms with Gasteiger partial charge in [0.25, 0.3) is 0 Å². The van der Waals surface area contributed by atoms with E-state index in [0.29, 0.717) is 12.5 Å². The summed E-state index contributed by atoms with van der Waals surface area (Å²) in [6.07, 6.45) is 0. The van der Waals surface area contributed by atoms with E-state index in [1.54, 1.807) is 0 Å². The Balaban J connectivity index is 2.09. The van der Waals surface area contributed by atoms with E-state index in [1.807, 2.05) is 36.4 Å². The molecule has 0 aliphatic heterocycles. The normalized spacial score (nSPS) is 10.5. The minimum Gasteiger partial charge on any atom is -0.489 e. The number of rotatable bonds is 4. The zero-order valence-corrected chi connectivity index (χ0v) is 10.3. The first-order valence-corrected chi connectivity index (χ1v) is 5.94. The van der Waals surface area contributed by atoms with Gasteiger partial charge in [0.15, 0.2) is 0 Å². The number of ether oxygens (including phenoxy) is 1. The molecule has 2 aromatic rings. The predicted octanol–water partition coefficient (Wildman–Crippen LogP) is 4.19. The monoisotopic (exact) mass is 225 g/mol. The topological polar surface area (TPSA) is 9.23 Å². The lowest BCUT2D eigenvalue weighted by atomic mass is 10.0. The SMILES string of the molecule is CC(C)c1c[c]ccc1OCc1ccccc1. The molecule has 1 nitrogen and oxygen atoms in total. The molecule has 0 fully saturated rings. The molecule has 0 saturated heterocycles. The van der Waals surface area contributed by atoms with Crippen molar-refractivity contribution in [3.05, 3.63) is 65.7 Å². The van der Waals surface area contributed by atoms with Crippen LogP contribution in [0.5, 0.6) is 5.75 Å². The van der Waals surface area contributed by atoms with E-state index in [4.69, 9.17) is 4.74 Å². The highest BCUT2D eigenvalue weighted by Gasteiger charge is 2.06. The second kappa shape index (κ2) is 5.53. The molecule has 0 bridgehead atoms. The fraction of sp³-hybridized carbons (Fsp3) is 0.250. The molecule has 0 aliphatic carbocycles.